The van der Waals surface area contributed by atoms with Crippen LogP contribution in [0.4, 0.5) is 24.5 Å². The fourth-order valence-corrected chi connectivity index (χ4v) is 5.74. The molecule has 2 N–H and O–H groups in total. The second kappa shape index (κ2) is 11.5. The monoisotopic (exact) mass is 579 g/mol. The van der Waals surface area contributed by atoms with Gasteiger partial charge in [0.2, 0.25) is 5.91 Å². The lowest BCUT2D eigenvalue weighted by atomic mass is 10.0. The summed E-state index contributed by atoms with van der Waals surface area (Å²) in [5.74, 6) is -1.59. The normalized spacial score (nSPS) is 14.3. The molecular weight excluding hydrogens is 555 g/mol. The minimum atomic E-state index is -4.50. The van der Waals surface area contributed by atoms with Gasteiger partial charge in [0.1, 0.15) is 9.88 Å². The second-order valence-corrected chi connectivity index (χ2v) is 10.5. The molecule has 210 valence electrons. The van der Waals surface area contributed by atoms with Gasteiger partial charge in [-0.1, -0.05) is 36.4 Å². The Morgan fingerprint density at radius 3 is 2.32 bits per heavy atom. The molecule has 7 nitrogen and oxygen atoms in total. The highest BCUT2D eigenvalue weighted by atomic mass is 32.1. The van der Waals surface area contributed by atoms with Crippen LogP contribution in [-0.2, 0) is 39.8 Å². The van der Waals surface area contributed by atoms with Crippen molar-refractivity contribution < 1.29 is 32.3 Å². The van der Waals surface area contributed by atoms with Crippen molar-refractivity contribution in [3.05, 3.63) is 100 Å². The smallest absolute Gasteiger partial charge is 0.416 e. The lowest BCUT2D eigenvalue weighted by Gasteiger charge is -2.10. The number of para-hydroxylation sites is 1. The highest BCUT2D eigenvalue weighted by Gasteiger charge is 2.32. The van der Waals surface area contributed by atoms with Crippen LogP contribution < -0.4 is 10.6 Å². The molecule has 0 bridgehead atoms. The van der Waals surface area contributed by atoms with Gasteiger partial charge in [-0.15, -0.1) is 11.3 Å². The van der Waals surface area contributed by atoms with Gasteiger partial charge in [0.25, 0.3) is 5.91 Å². The number of methoxy groups -OCH3 is 1. The number of amides is 2. The molecular formula is C30H24F3N3O4S. The van der Waals surface area contributed by atoms with E-state index < -0.39 is 23.6 Å². The van der Waals surface area contributed by atoms with Crippen molar-refractivity contribution in [2.45, 2.75) is 25.4 Å². The number of ether oxygens (including phenoxy) is 1. The standard InChI is InChI=1S/C30H24F3N3O4S/c1-40-25(37)16-24-26(28(39)35-21-12-10-19(11-13-21)30(31,32)33)41-29(36-24)22-9-5-6-17-14-18(15-23(17)22)27(38)34-20-7-3-2-4-8-20/h2-13,18H,14-16H2,1H3,(H,34,38)(H,35,39). The maximum atomic E-state index is 13.2. The number of thiazole rings is 1. The SMILES string of the molecule is COC(=O)Cc1nc(-c2cccc3c2CC(C(=O)Nc2ccccc2)C3)sc1C(=O)Nc1ccc(C(F)(F)F)cc1. The summed E-state index contributed by atoms with van der Waals surface area (Å²) in [5, 5.41) is 6.03. The van der Waals surface area contributed by atoms with Crippen molar-refractivity contribution in [1.29, 1.82) is 0 Å². The van der Waals surface area contributed by atoms with Crippen LogP contribution in [-0.4, -0.2) is 29.9 Å². The molecule has 1 aliphatic rings. The number of halogens is 3. The number of anilines is 2. The molecule has 11 heteroatoms. The van der Waals surface area contributed by atoms with Crippen molar-refractivity contribution in [1.82, 2.24) is 4.98 Å². The third-order valence-corrected chi connectivity index (χ3v) is 7.88. The fourth-order valence-electron chi connectivity index (χ4n) is 4.71. The van der Waals surface area contributed by atoms with Gasteiger partial charge in [0, 0.05) is 22.9 Å². The number of alkyl halides is 3. The summed E-state index contributed by atoms with van der Waals surface area (Å²) in [6.45, 7) is 0. The summed E-state index contributed by atoms with van der Waals surface area (Å²) in [6, 6.07) is 18.9. The largest absolute Gasteiger partial charge is 0.469 e. The molecule has 0 spiro atoms. The Morgan fingerprint density at radius 2 is 1.63 bits per heavy atom. The Bertz CT molecular complexity index is 1600. The number of aromatic nitrogens is 1. The average molecular weight is 580 g/mol. The van der Waals surface area contributed by atoms with Crippen LogP contribution in [0.5, 0.6) is 0 Å². The number of nitrogens with one attached hydrogen (secondary N) is 2. The van der Waals surface area contributed by atoms with Crippen molar-refractivity contribution in [3.63, 3.8) is 0 Å². The first kappa shape index (κ1) is 28.0. The van der Waals surface area contributed by atoms with Crippen LogP contribution in [0, 0.1) is 5.92 Å². The minimum Gasteiger partial charge on any atom is -0.469 e. The highest BCUT2D eigenvalue weighted by Crippen LogP contribution is 2.38. The van der Waals surface area contributed by atoms with Gasteiger partial charge >= 0.3 is 12.1 Å². The van der Waals surface area contributed by atoms with Gasteiger partial charge in [-0.25, -0.2) is 4.98 Å². The molecule has 1 atom stereocenters. The molecule has 1 heterocycles. The van der Waals surface area contributed by atoms with Crippen molar-refractivity contribution in [3.8, 4) is 10.6 Å². The summed E-state index contributed by atoms with van der Waals surface area (Å²) in [7, 11) is 1.22. The molecule has 1 aromatic heterocycles. The van der Waals surface area contributed by atoms with E-state index >= 15 is 0 Å². The van der Waals surface area contributed by atoms with E-state index in [2.05, 4.69) is 15.6 Å². The first-order valence-electron chi connectivity index (χ1n) is 12.6. The van der Waals surface area contributed by atoms with E-state index in [4.69, 9.17) is 4.74 Å². The van der Waals surface area contributed by atoms with Crippen LogP contribution in [0.25, 0.3) is 10.6 Å². The van der Waals surface area contributed by atoms with E-state index in [-0.39, 0.29) is 34.5 Å². The number of hydrogen-bond acceptors (Lipinski definition) is 6. The maximum absolute atomic E-state index is 13.2. The van der Waals surface area contributed by atoms with Gasteiger partial charge < -0.3 is 15.4 Å². The number of fused-ring (bicyclic) bond motifs is 1. The molecule has 5 rings (SSSR count). The predicted octanol–water partition coefficient (Wildman–Crippen LogP) is 6.15. The lowest BCUT2D eigenvalue weighted by Crippen LogP contribution is -2.23. The van der Waals surface area contributed by atoms with Gasteiger partial charge in [-0.2, -0.15) is 13.2 Å². The van der Waals surface area contributed by atoms with Crippen LogP contribution in [0.2, 0.25) is 0 Å². The van der Waals surface area contributed by atoms with Gasteiger partial charge in [0.05, 0.1) is 24.8 Å². The number of rotatable bonds is 7. The zero-order chi connectivity index (χ0) is 29.1. The maximum Gasteiger partial charge on any atom is 0.416 e. The quantitative estimate of drug-likeness (QED) is 0.256. The van der Waals surface area contributed by atoms with E-state index in [0.717, 1.165) is 52.3 Å². The number of nitrogens with zero attached hydrogens (tertiary/aromatic N) is 1. The van der Waals surface area contributed by atoms with Crippen molar-refractivity contribution >= 4 is 40.5 Å². The molecule has 1 aliphatic carbocycles. The topological polar surface area (TPSA) is 97.4 Å². The van der Waals surface area contributed by atoms with Crippen LogP contribution in [0.3, 0.4) is 0 Å². The Balaban J connectivity index is 1.41. The summed E-state index contributed by atoms with van der Waals surface area (Å²) < 4.78 is 43.5. The Labute approximate surface area is 237 Å². The first-order chi connectivity index (χ1) is 19.6. The highest BCUT2D eigenvalue weighted by molar-refractivity contribution is 7.17. The zero-order valence-corrected chi connectivity index (χ0v) is 22.6. The molecule has 3 aromatic carbocycles. The molecule has 0 saturated heterocycles. The molecule has 41 heavy (non-hydrogen) atoms. The molecule has 2 amide bonds. The summed E-state index contributed by atoms with van der Waals surface area (Å²) in [6.07, 6.45) is -3.74. The number of hydrogen-bond donors (Lipinski definition) is 2. The predicted molar refractivity (Wildman–Crippen MR) is 149 cm³/mol. The Morgan fingerprint density at radius 1 is 0.927 bits per heavy atom. The molecule has 4 aromatic rings. The number of esters is 1. The van der Waals surface area contributed by atoms with Crippen LogP contribution in [0.15, 0.2) is 72.8 Å². The fraction of sp³-hybridized carbons (Fsp3) is 0.200. The van der Waals surface area contributed by atoms with E-state index in [0.29, 0.717) is 23.5 Å². The third-order valence-electron chi connectivity index (χ3n) is 6.75. The van der Waals surface area contributed by atoms with E-state index in [1.807, 2.05) is 48.5 Å². The van der Waals surface area contributed by atoms with E-state index in [1.165, 1.54) is 7.11 Å². The third kappa shape index (κ3) is 6.30. The summed E-state index contributed by atoms with van der Waals surface area (Å²) >= 11 is 1.07. The lowest BCUT2D eigenvalue weighted by molar-refractivity contribution is -0.140. The molecule has 1 unspecified atom stereocenters. The van der Waals surface area contributed by atoms with Crippen molar-refractivity contribution in [2.75, 3.05) is 17.7 Å². The van der Waals surface area contributed by atoms with Crippen LogP contribution in [0.1, 0.15) is 32.1 Å². The average Bonchev–Trinajstić information content (AvgIpc) is 3.58. The van der Waals surface area contributed by atoms with Gasteiger partial charge in [-0.3, -0.25) is 14.4 Å². The second-order valence-electron chi connectivity index (χ2n) is 9.48. The van der Waals surface area contributed by atoms with E-state index in [9.17, 15) is 27.6 Å². The summed E-state index contributed by atoms with van der Waals surface area (Å²) in [5.41, 5.74) is 2.91. The number of carbonyl (C=O) groups excluding carboxylic acids is 3. The number of benzene rings is 3. The molecule has 0 saturated carbocycles. The van der Waals surface area contributed by atoms with E-state index in [1.54, 1.807) is 0 Å². The first-order valence-corrected chi connectivity index (χ1v) is 13.5. The Kier molecular flexibility index (Phi) is 7.89. The van der Waals surface area contributed by atoms with Gasteiger partial charge in [-0.05, 0) is 60.4 Å². The van der Waals surface area contributed by atoms with Crippen molar-refractivity contribution in [2.24, 2.45) is 5.92 Å². The van der Waals surface area contributed by atoms with Crippen LogP contribution >= 0.6 is 11.3 Å². The molecule has 0 radical (unpaired) electrons. The Hall–Kier alpha value is -4.51. The summed E-state index contributed by atoms with van der Waals surface area (Å²) in [4.78, 5) is 43.0. The zero-order valence-electron chi connectivity index (χ0n) is 21.7. The molecule has 0 aliphatic heterocycles. The van der Waals surface area contributed by atoms with Gasteiger partial charge in [0.15, 0.2) is 0 Å². The number of carbonyl (C=O) groups is 3. The molecule has 0 fully saturated rings. The minimum absolute atomic E-state index is 0.0968.